The van der Waals surface area contributed by atoms with Gasteiger partial charge in [-0.05, 0) is 73.5 Å². The molecule has 9 heteroatoms. The predicted molar refractivity (Wildman–Crippen MR) is 256 cm³/mol. The predicted octanol–water partition coefficient (Wildman–Crippen LogP) is 12.6. The van der Waals surface area contributed by atoms with E-state index >= 15 is 0 Å². The highest BCUT2D eigenvalue weighted by Gasteiger charge is 2.26. The maximum absolute atomic E-state index is 5.58. The molecule has 5 aromatic carbocycles. The Morgan fingerprint density at radius 2 is 0.750 bits per heavy atom. The van der Waals surface area contributed by atoms with Crippen molar-refractivity contribution in [1.82, 2.24) is 44.0 Å². The van der Waals surface area contributed by atoms with Crippen LogP contribution in [0.25, 0.3) is 111 Å². The highest BCUT2D eigenvalue weighted by atomic mass is 15.1. The van der Waals surface area contributed by atoms with Crippen LogP contribution in [0.5, 0.6) is 0 Å². The number of para-hydroxylation sites is 4. The molecular formula is C55H37N9. The molecule has 0 bridgehead atoms. The van der Waals surface area contributed by atoms with Crippen LogP contribution in [0.15, 0.2) is 189 Å². The van der Waals surface area contributed by atoms with Crippen LogP contribution >= 0.6 is 0 Å². The molecule has 302 valence electrons. The molecule has 0 atom stereocenters. The minimum atomic E-state index is 0.528. The third-order valence-corrected chi connectivity index (χ3v) is 12.2. The number of aryl methyl sites for hydroxylation is 2. The summed E-state index contributed by atoms with van der Waals surface area (Å²) in [6.45, 7) is 4.23. The van der Waals surface area contributed by atoms with Gasteiger partial charge in [0.15, 0.2) is 17.5 Å². The summed E-state index contributed by atoms with van der Waals surface area (Å²) in [5, 5.41) is 4.44. The van der Waals surface area contributed by atoms with Gasteiger partial charge in [-0.25, -0.2) is 15.0 Å². The van der Waals surface area contributed by atoms with Crippen molar-refractivity contribution in [3.05, 3.63) is 200 Å². The number of aromatic nitrogens is 9. The zero-order chi connectivity index (χ0) is 42.7. The Morgan fingerprint density at radius 1 is 0.328 bits per heavy atom. The third-order valence-electron chi connectivity index (χ3n) is 12.2. The van der Waals surface area contributed by atoms with Crippen LogP contribution in [0.1, 0.15) is 11.1 Å². The molecule has 0 amide bonds. The van der Waals surface area contributed by atoms with E-state index in [1.54, 1.807) is 12.4 Å². The molecule has 9 nitrogen and oxygen atoms in total. The molecule has 0 N–H and O–H groups in total. The maximum atomic E-state index is 5.58. The Hall–Kier alpha value is -8.69. The molecule has 0 saturated carbocycles. The fraction of sp³-hybridized carbons (Fsp3) is 0.0364. The Labute approximate surface area is 368 Å². The summed E-state index contributed by atoms with van der Waals surface area (Å²) in [5.74, 6) is 1.64. The summed E-state index contributed by atoms with van der Waals surface area (Å²) in [6, 6.07) is 48.3. The van der Waals surface area contributed by atoms with Crippen LogP contribution in [0, 0.1) is 13.8 Å². The first-order valence-electron chi connectivity index (χ1n) is 21.2. The summed E-state index contributed by atoms with van der Waals surface area (Å²) in [5.41, 5.74) is 14.5. The van der Waals surface area contributed by atoms with Crippen LogP contribution in [0.2, 0.25) is 0 Å². The highest BCUT2D eigenvalue weighted by molar-refractivity contribution is 6.11. The molecule has 0 unspecified atom stereocenters. The molecular weight excluding hydrogens is 787 g/mol. The minimum Gasteiger partial charge on any atom is -0.306 e. The average molecular weight is 824 g/mol. The number of rotatable bonds is 7. The van der Waals surface area contributed by atoms with Crippen LogP contribution in [0.3, 0.4) is 0 Å². The van der Waals surface area contributed by atoms with E-state index < -0.39 is 0 Å². The Kier molecular flexibility index (Phi) is 8.72. The van der Waals surface area contributed by atoms with Gasteiger partial charge in [0.05, 0.1) is 45.8 Å². The fourth-order valence-electron chi connectivity index (χ4n) is 9.45. The van der Waals surface area contributed by atoms with Gasteiger partial charge in [-0.2, -0.15) is 0 Å². The first kappa shape index (κ1) is 37.1. The molecule has 7 heterocycles. The molecule has 0 saturated heterocycles. The zero-order valence-corrected chi connectivity index (χ0v) is 34.9. The van der Waals surface area contributed by atoms with Crippen molar-refractivity contribution < 1.29 is 0 Å². The number of nitrogens with zero attached hydrogens (tertiary/aromatic N) is 9. The quantitative estimate of drug-likeness (QED) is 0.158. The largest absolute Gasteiger partial charge is 0.306 e. The zero-order valence-electron chi connectivity index (χ0n) is 34.9. The lowest BCUT2D eigenvalue weighted by Gasteiger charge is -2.20. The van der Waals surface area contributed by atoms with Gasteiger partial charge >= 0.3 is 0 Å². The lowest BCUT2D eigenvalue weighted by Crippen LogP contribution is -2.08. The van der Waals surface area contributed by atoms with E-state index in [2.05, 4.69) is 170 Å². The third kappa shape index (κ3) is 5.89. The van der Waals surface area contributed by atoms with Gasteiger partial charge in [-0.1, -0.05) is 91.0 Å². The van der Waals surface area contributed by atoms with Crippen molar-refractivity contribution >= 4 is 43.6 Å². The molecule has 0 spiro atoms. The topological polar surface area (TPSA) is 100 Å². The van der Waals surface area contributed by atoms with Crippen molar-refractivity contribution in [1.29, 1.82) is 0 Å². The van der Waals surface area contributed by atoms with Crippen molar-refractivity contribution in [3.8, 4) is 67.8 Å². The Morgan fingerprint density at radius 3 is 1.23 bits per heavy atom. The van der Waals surface area contributed by atoms with E-state index in [4.69, 9.17) is 15.0 Å². The van der Waals surface area contributed by atoms with Gasteiger partial charge < -0.3 is 9.13 Å². The second kappa shape index (κ2) is 15.0. The van der Waals surface area contributed by atoms with Gasteiger partial charge in [0.1, 0.15) is 0 Å². The lowest BCUT2D eigenvalue weighted by atomic mass is 9.98. The molecule has 0 radical (unpaired) electrons. The fourth-order valence-corrected chi connectivity index (χ4v) is 9.45. The van der Waals surface area contributed by atoms with E-state index in [1.165, 1.54) is 0 Å². The Bertz CT molecular complexity index is 3410. The second-order valence-corrected chi connectivity index (χ2v) is 16.0. The van der Waals surface area contributed by atoms with Crippen molar-refractivity contribution in [2.75, 3.05) is 0 Å². The van der Waals surface area contributed by atoms with Crippen LogP contribution < -0.4 is 0 Å². The molecule has 64 heavy (non-hydrogen) atoms. The van der Waals surface area contributed by atoms with Crippen molar-refractivity contribution in [2.45, 2.75) is 13.8 Å². The Balaban J connectivity index is 1.22. The number of benzene rings is 5. The smallest absolute Gasteiger partial charge is 0.166 e. The first-order valence-corrected chi connectivity index (χ1v) is 21.2. The number of hydrogen-bond acceptors (Lipinski definition) is 7. The second-order valence-electron chi connectivity index (χ2n) is 16.0. The van der Waals surface area contributed by atoms with E-state index in [1.807, 2.05) is 49.3 Å². The van der Waals surface area contributed by atoms with Gasteiger partial charge in [-0.3, -0.25) is 19.9 Å². The number of hydrogen-bond donors (Lipinski definition) is 0. The molecule has 12 aromatic rings. The number of fused-ring (bicyclic) bond motifs is 6. The maximum Gasteiger partial charge on any atom is 0.166 e. The molecule has 0 aliphatic heterocycles. The highest BCUT2D eigenvalue weighted by Crippen LogP contribution is 2.44. The SMILES string of the molecule is Cc1cccc(C)c1-c1nc(-c2cccc(-c3cccnc3)c2-n2c3ccccc3c3ccncc32)nc(-c2cccc(-c3cccnc3)c2-n2c3ccccc3c3ccncc32)n1. The van der Waals surface area contributed by atoms with E-state index in [0.29, 0.717) is 17.5 Å². The van der Waals surface area contributed by atoms with Gasteiger partial charge in [-0.15, -0.1) is 0 Å². The number of pyridine rings is 4. The van der Waals surface area contributed by atoms with Crippen LogP contribution in [0.4, 0.5) is 0 Å². The summed E-state index contributed by atoms with van der Waals surface area (Å²) in [4.78, 5) is 35.0. The van der Waals surface area contributed by atoms with Gasteiger partial charge in [0, 0.05) is 97.7 Å². The first-order chi connectivity index (χ1) is 31.6. The van der Waals surface area contributed by atoms with Crippen molar-refractivity contribution in [3.63, 3.8) is 0 Å². The minimum absolute atomic E-state index is 0.528. The molecule has 7 aromatic heterocycles. The molecule has 12 rings (SSSR count). The van der Waals surface area contributed by atoms with Crippen LogP contribution in [-0.4, -0.2) is 44.0 Å². The van der Waals surface area contributed by atoms with Gasteiger partial charge in [0.25, 0.3) is 0 Å². The summed E-state index contributed by atoms with van der Waals surface area (Å²) in [6.07, 6.45) is 15.0. The summed E-state index contributed by atoms with van der Waals surface area (Å²) < 4.78 is 4.61. The molecule has 0 fully saturated rings. The monoisotopic (exact) mass is 823 g/mol. The lowest BCUT2D eigenvalue weighted by molar-refractivity contribution is 1.05. The normalized spacial score (nSPS) is 11.6. The average Bonchev–Trinajstić information content (AvgIpc) is 3.87. The molecule has 0 aliphatic rings. The summed E-state index contributed by atoms with van der Waals surface area (Å²) in [7, 11) is 0. The summed E-state index contributed by atoms with van der Waals surface area (Å²) >= 11 is 0. The van der Waals surface area contributed by atoms with Crippen molar-refractivity contribution in [2.24, 2.45) is 0 Å². The van der Waals surface area contributed by atoms with Gasteiger partial charge in [0.2, 0.25) is 0 Å². The van der Waals surface area contributed by atoms with E-state index in [9.17, 15) is 0 Å². The van der Waals surface area contributed by atoms with E-state index in [0.717, 1.165) is 105 Å². The molecule has 0 aliphatic carbocycles. The van der Waals surface area contributed by atoms with Crippen LogP contribution in [-0.2, 0) is 0 Å². The standard InChI is InChI=1S/C55H37N9/c1-34-12-7-13-35(2)50(34)55-61-53(44-20-8-18-38(36-14-10-26-56-30-36)51(44)63-46-22-5-3-16-40(46)42-24-28-58-32-48(42)63)60-54(62-55)45-21-9-19-39(37-15-11-27-57-31-37)52(45)64-47-23-6-4-17-41(47)43-25-29-59-33-49(43)64/h3-33H,1-2H3. The van der Waals surface area contributed by atoms with E-state index in [-0.39, 0.29) is 0 Å².